The molecule has 3 aromatic rings. The van der Waals surface area contributed by atoms with Gasteiger partial charge in [0.05, 0.1) is 24.4 Å². The molecule has 32 heavy (non-hydrogen) atoms. The highest BCUT2D eigenvalue weighted by Gasteiger charge is 2.22. The summed E-state index contributed by atoms with van der Waals surface area (Å²) in [5.74, 6) is 0.409. The molecular weight excluding hydrogens is 452 g/mol. The number of halogens is 1. The maximum atomic E-state index is 13.0. The van der Waals surface area contributed by atoms with E-state index in [0.29, 0.717) is 23.6 Å². The first-order valence-corrected chi connectivity index (χ1v) is 11.7. The molecular formula is C23H23ClN2O5S. The van der Waals surface area contributed by atoms with Crippen LogP contribution >= 0.6 is 11.6 Å². The van der Waals surface area contributed by atoms with Crippen molar-refractivity contribution in [3.05, 3.63) is 77.3 Å². The van der Waals surface area contributed by atoms with Gasteiger partial charge in [-0.15, -0.1) is 0 Å². The number of ether oxygens (including phenoxy) is 2. The standard InChI is InChI=1S/C23H23ClN2O5S/c1-3-14-31-18-11-8-16(9-12-18)23(27)25-17-10-13-21(30-2)22(15-17)32(28,29)26-20-7-5-4-6-19(20)24/h4-13,15,26H,3,14H2,1-2H3,(H,25,27). The van der Waals surface area contributed by atoms with Crippen molar-refractivity contribution >= 4 is 38.9 Å². The number of carbonyl (C=O) groups excluding carboxylic acids is 1. The fourth-order valence-corrected chi connectivity index (χ4v) is 4.35. The summed E-state index contributed by atoms with van der Waals surface area (Å²) in [4.78, 5) is 12.5. The van der Waals surface area contributed by atoms with Crippen LogP contribution in [-0.2, 0) is 10.0 Å². The van der Waals surface area contributed by atoms with E-state index in [1.54, 1.807) is 54.6 Å². The molecule has 0 radical (unpaired) electrons. The monoisotopic (exact) mass is 474 g/mol. The Labute approximate surface area is 192 Å². The van der Waals surface area contributed by atoms with Gasteiger partial charge in [-0.1, -0.05) is 30.7 Å². The summed E-state index contributed by atoms with van der Waals surface area (Å²) in [7, 11) is -2.68. The van der Waals surface area contributed by atoms with Crippen molar-refractivity contribution in [1.29, 1.82) is 0 Å². The molecule has 0 aromatic heterocycles. The third-order valence-corrected chi connectivity index (χ3v) is 6.13. The van der Waals surface area contributed by atoms with E-state index < -0.39 is 10.0 Å². The van der Waals surface area contributed by atoms with Gasteiger partial charge in [-0.25, -0.2) is 8.42 Å². The van der Waals surface area contributed by atoms with Crippen LogP contribution in [0.1, 0.15) is 23.7 Å². The van der Waals surface area contributed by atoms with Gasteiger partial charge in [0, 0.05) is 11.3 Å². The lowest BCUT2D eigenvalue weighted by Gasteiger charge is -2.14. The third-order valence-electron chi connectivity index (χ3n) is 4.42. The highest BCUT2D eigenvalue weighted by Crippen LogP contribution is 2.31. The van der Waals surface area contributed by atoms with Gasteiger partial charge in [0.25, 0.3) is 15.9 Å². The number of para-hydroxylation sites is 1. The molecule has 0 bridgehead atoms. The summed E-state index contributed by atoms with van der Waals surface area (Å²) < 4.78 is 39.2. The van der Waals surface area contributed by atoms with Crippen LogP contribution < -0.4 is 19.5 Å². The fourth-order valence-electron chi connectivity index (χ4n) is 2.83. The number of rotatable bonds is 9. The first-order valence-electron chi connectivity index (χ1n) is 9.83. The van der Waals surface area contributed by atoms with Gasteiger partial charge < -0.3 is 14.8 Å². The van der Waals surface area contributed by atoms with Gasteiger partial charge in [-0.05, 0) is 61.0 Å². The van der Waals surface area contributed by atoms with Gasteiger partial charge in [-0.2, -0.15) is 0 Å². The molecule has 3 aromatic carbocycles. The SMILES string of the molecule is CCCOc1ccc(C(=O)Nc2ccc(OC)c(S(=O)(=O)Nc3ccccc3Cl)c2)cc1. The zero-order chi connectivity index (χ0) is 23.1. The largest absolute Gasteiger partial charge is 0.495 e. The molecule has 0 aliphatic rings. The minimum absolute atomic E-state index is 0.125. The molecule has 168 valence electrons. The molecule has 0 unspecified atom stereocenters. The van der Waals surface area contributed by atoms with Crippen LogP contribution in [0.25, 0.3) is 0 Å². The summed E-state index contributed by atoms with van der Waals surface area (Å²) in [5.41, 5.74) is 0.931. The number of anilines is 2. The lowest BCUT2D eigenvalue weighted by molar-refractivity contribution is 0.102. The van der Waals surface area contributed by atoms with E-state index in [0.717, 1.165) is 6.42 Å². The lowest BCUT2D eigenvalue weighted by atomic mass is 10.2. The Morgan fingerprint density at radius 1 is 1.03 bits per heavy atom. The molecule has 0 aliphatic heterocycles. The number of sulfonamides is 1. The number of hydrogen-bond donors (Lipinski definition) is 2. The van der Waals surface area contributed by atoms with Crippen molar-refractivity contribution in [2.24, 2.45) is 0 Å². The van der Waals surface area contributed by atoms with Crippen LogP contribution in [0.15, 0.2) is 71.6 Å². The maximum Gasteiger partial charge on any atom is 0.265 e. The van der Waals surface area contributed by atoms with E-state index in [4.69, 9.17) is 21.1 Å². The second-order valence-electron chi connectivity index (χ2n) is 6.78. The average molecular weight is 475 g/mol. The van der Waals surface area contributed by atoms with E-state index in [1.807, 2.05) is 6.92 Å². The van der Waals surface area contributed by atoms with Crippen LogP contribution in [0.5, 0.6) is 11.5 Å². The molecule has 9 heteroatoms. The van der Waals surface area contributed by atoms with Crippen molar-refractivity contribution in [1.82, 2.24) is 0 Å². The van der Waals surface area contributed by atoms with E-state index in [-0.39, 0.29) is 27.3 Å². The Balaban J connectivity index is 1.82. The van der Waals surface area contributed by atoms with Crippen molar-refractivity contribution in [2.75, 3.05) is 23.8 Å². The first kappa shape index (κ1) is 23.4. The Morgan fingerprint density at radius 3 is 2.41 bits per heavy atom. The van der Waals surface area contributed by atoms with Gasteiger partial charge >= 0.3 is 0 Å². The van der Waals surface area contributed by atoms with Crippen molar-refractivity contribution in [2.45, 2.75) is 18.2 Å². The van der Waals surface area contributed by atoms with Gasteiger partial charge in [-0.3, -0.25) is 9.52 Å². The van der Waals surface area contributed by atoms with Crippen molar-refractivity contribution in [3.8, 4) is 11.5 Å². The Hall–Kier alpha value is -3.23. The van der Waals surface area contributed by atoms with Crippen molar-refractivity contribution < 1.29 is 22.7 Å². The van der Waals surface area contributed by atoms with E-state index in [9.17, 15) is 13.2 Å². The third kappa shape index (κ3) is 5.72. The zero-order valence-corrected chi connectivity index (χ0v) is 19.2. The predicted octanol–water partition coefficient (Wildman–Crippen LogP) is 5.19. The Kier molecular flexibility index (Phi) is 7.61. The van der Waals surface area contributed by atoms with Gasteiger partial charge in [0.2, 0.25) is 0 Å². The highest BCUT2D eigenvalue weighted by atomic mass is 35.5. The van der Waals surface area contributed by atoms with E-state index in [2.05, 4.69) is 10.0 Å². The smallest absolute Gasteiger partial charge is 0.265 e. The number of nitrogens with one attached hydrogen (secondary N) is 2. The normalized spacial score (nSPS) is 11.0. The summed E-state index contributed by atoms with van der Waals surface area (Å²) >= 11 is 6.07. The van der Waals surface area contributed by atoms with E-state index in [1.165, 1.54) is 19.2 Å². The first-order chi connectivity index (χ1) is 15.3. The second kappa shape index (κ2) is 10.4. The molecule has 3 rings (SSSR count). The molecule has 2 N–H and O–H groups in total. The number of methoxy groups -OCH3 is 1. The zero-order valence-electron chi connectivity index (χ0n) is 17.6. The fraction of sp³-hybridized carbons (Fsp3) is 0.174. The second-order valence-corrected chi connectivity index (χ2v) is 8.84. The molecule has 0 spiro atoms. The summed E-state index contributed by atoms with van der Waals surface area (Å²) in [5, 5.41) is 2.96. The number of carbonyl (C=O) groups is 1. The predicted molar refractivity (Wildman–Crippen MR) is 125 cm³/mol. The molecule has 0 saturated heterocycles. The Morgan fingerprint density at radius 2 is 1.75 bits per heavy atom. The summed E-state index contributed by atoms with van der Waals surface area (Å²) in [6.45, 7) is 2.60. The van der Waals surface area contributed by atoms with Crippen LogP contribution in [-0.4, -0.2) is 28.0 Å². The maximum absolute atomic E-state index is 13.0. The minimum atomic E-state index is -4.04. The van der Waals surface area contributed by atoms with Crippen LogP contribution in [0.4, 0.5) is 11.4 Å². The molecule has 0 atom stereocenters. The minimum Gasteiger partial charge on any atom is -0.495 e. The summed E-state index contributed by atoms with van der Waals surface area (Å²) in [6, 6.07) is 17.5. The van der Waals surface area contributed by atoms with Crippen LogP contribution in [0.2, 0.25) is 5.02 Å². The quantitative estimate of drug-likeness (QED) is 0.445. The molecule has 0 heterocycles. The molecule has 7 nitrogen and oxygen atoms in total. The number of hydrogen-bond acceptors (Lipinski definition) is 5. The van der Waals surface area contributed by atoms with Crippen molar-refractivity contribution in [3.63, 3.8) is 0 Å². The van der Waals surface area contributed by atoms with E-state index >= 15 is 0 Å². The van der Waals surface area contributed by atoms with Gasteiger partial charge in [0.15, 0.2) is 0 Å². The number of amides is 1. The summed E-state index contributed by atoms with van der Waals surface area (Å²) in [6.07, 6.45) is 0.885. The van der Waals surface area contributed by atoms with Gasteiger partial charge in [0.1, 0.15) is 16.4 Å². The molecule has 0 aliphatic carbocycles. The lowest BCUT2D eigenvalue weighted by Crippen LogP contribution is -2.16. The number of benzene rings is 3. The average Bonchev–Trinajstić information content (AvgIpc) is 2.79. The molecule has 0 fully saturated rings. The highest BCUT2D eigenvalue weighted by molar-refractivity contribution is 7.92. The topological polar surface area (TPSA) is 93.7 Å². The Bertz CT molecular complexity index is 1200. The molecule has 0 saturated carbocycles. The van der Waals surface area contributed by atoms with Crippen LogP contribution in [0.3, 0.4) is 0 Å². The molecule has 1 amide bonds. The van der Waals surface area contributed by atoms with Crippen LogP contribution in [0, 0.1) is 0 Å².